The van der Waals surface area contributed by atoms with E-state index in [2.05, 4.69) is 34.6 Å². The van der Waals surface area contributed by atoms with Crippen molar-refractivity contribution < 1.29 is 4.21 Å². The summed E-state index contributed by atoms with van der Waals surface area (Å²) in [5, 5.41) is 4.37. The Hall–Kier alpha value is -1.75. The van der Waals surface area contributed by atoms with Crippen LogP contribution in [0, 0.1) is 0 Å². The van der Waals surface area contributed by atoms with Crippen molar-refractivity contribution in [2.45, 2.75) is 51.8 Å². The average Bonchev–Trinajstić information content (AvgIpc) is 2.93. The monoisotopic (exact) mass is 329 g/mol. The van der Waals surface area contributed by atoms with Crippen LogP contribution in [-0.2, 0) is 30.4 Å². The molecular weight excluding hydrogens is 306 g/mol. The lowest BCUT2D eigenvalue weighted by Gasteiger charge is -2.25. The van der Waals surface area contributed by atoms with Crippen LogP contribution in [0.15, 0.2) is 28.8 Å². The van der Waals surface area contributed by atoms with Crippen LogP contribution in [0.1, 0.15) is 44.4 Å². The van der Waals surface area contributed by atoms with E-state index in [0.717, 1.165) is 24.9 Å². The molecule has 1 unspecified atom stereocenters. The number of fused-ring (bicyclic) bond motifs is 1. The van der Waals surface area contributed by atoms with Gasteiger partial charge in [0.25, 0.3) is 0 Å². The van der Waals surface area contributed by atoms with Gasteiger partial charge in [-0.1, -0.05) is 12.1 Å². The first-order valence-corrected chi connectivity index (χ1v) is 9.15. The van der Waals surface area contributed by atoms with Gasteiger partial charge >= 0.3 is 0 Å². The fourth-order valence-corrected chi connectivity index (χ4v) is 3.33. The summed E-state index contributed by atoms with van der Waals surface area (Å²) in [5.41, 5.74) is 6.24. The van der Waals surface area contributed by atoms with Crippen molar-refractivity contribution in [3.8, 4) is 11.3 Å². The van der Waals surface area contributed by atoms with Gasteiger partial charge in [0.05, 0.1) is 10.4 Å². The Bertz CT molecular complexity index is 784. The van der Waals surface area contributed by atoms with Crippen LogP contribution in [0.25, 0.3) is 11.3 Å². The molecule has 1 aromatic heterocycles. The second-order valence-electron chi connectivity index (χ2n) is 6.79. The zero-order valence-electron chi connectivity index (χ0n) is 14.2. The Labute approximate surface area is 140 Å². The van der Waals surface area contributed by atoms with E-state index in [9.17, 15) is 4.21 Å². The van der Waals surface area contributed by atoms with Gasteiger partial charge in [0.15, 0.2) is 0 Å². The topological polar surface area (TPSA) is 47.2 Å². The Morgan fingerprint density at radius 2 is 2.00 bits per heavy atom. The number of benzene rings is 1. The lowest BCUT2D eigenvalue weighted by atomic mass is 9.81. The number of nitrogens with zero attached hydrogens (tertiary/aromatic N) is 3. The molecule has 0 radical (unpaired) electrons. The smallest absolute Gasteiger partial charge is 0.144 e. The van der Waals surface area contributed by atoms with Crippen LogP contribution < -0.4 is 0 Å². The normalized spacial score (nSPS) is 15.5. The summed E-state index contributed by atoms with van der Waals surface area (Å²) in [6.45, 7) is 8.78. The molecule has 0 amide bonds. The minimum Gasteiger partial charge on any atom is -0.265 e. The van der Waals surface area contributed by atoms with Crippen LogP contribution in [-0.4, -0.2) is 25.0 Å². The number of hydrogen-bond donors (Lipinski definition) is 0. The van der Waals surface area contributed by atoms with E-state index in [1.54, 1.807) is 6.21 Å². The summed E-state index contributed by atoms with van der Waals surface area (Å²) in [6.07, 6.45) is 5.78. The largest absolute Gasteiger partial charge is 0.265 e. The number of rotatable bonds is 4. The first-order valence-electron chi connectivity index (χ1n) is 8.05. The summed E-state index contributed by atoms with van der Waals surface area (Å²) in [7, 11) is -1.21. The molecule has 2 aromatic rings. The lowest BCUT2D eigenvalue weighted by molar-refractivity contribution is 0.651. The molecule has 0 bridgehead atoms. The maximum atomic E-state index is 12.1. The van der Waals surface area contributed by atoms with Gasteiger partial charge in [0.2, 0.25) is 0 Å². The maximum Gasteiger partial charge on any atom is 0.144 e. The molecule has 0 saturated heterocycles. The SMILES string of the molecule is CCn1nccc1-c1ccc(C=NS(=O)C(C)(C)C)c2c1CC2. The molecule has 23 heavy (non-hydrogen) atoms. The second kappa shape index (κ2) is 6.04. The highest BCUT2D eigenvalue weighted by molar-refractivity contribution is 7.85. The third-order valence-electron chi connectivity index (χ3n) is 4.20. The zero-order valence-corrected chi connectivity index (χ0v) is 15.0. The van der Waals surface area contributed by atoms with Crippen LogP contribution >= 0.6 is 0 Å². The molecule has 0 saturated carbocycles. The van der Waals surface area contributed by atoms with Crippen LogP contribution in [0.2, 0.25) is 0 Å². The standard InChI is InChI=1S/C18H23N3OS/c1-5-21-17(10-11-19-21)16-7-6-13(14-8-9-15(14)16)12-20-23(22)18(2,3)4/h6-7,10-12H,5,8-9H2,1-4H3. The molecule has 1 atom stereocenters. The van der Waals surface area contributed by atoms with Crippen molar-refractivity contribution >= 4 is 17.2 Å². The molecule has 5 heteroatoms. The van der Waals surface area contributed by atoms with Gasteiger partial charge in [-0.05, 0) is 63.3 Å². The molecule has 0 fully saturated rings. The molecule has 0 N–H and O–H groups in total. The quantitative estimate of drug-likeness (QED) is 0.805. The van der Waals surface area contributed by atoms with E-state index in [-0.39, 0.29) is 4.75 Å². The molecule has 122 valence electrons. The van der Waals surface area contributed by atoms with E-state index in [0.29, 0.717) is 0 Å². The van der Waals surface area contributed by atoms with Crippen LogP contribution in [0.3, 0.4) is 0 Å². The number of aryl methyl sites for hydroxylation is 1. The van der Waals surface area contributed by atoms with Crippen LogP contribution in [0.5, 0.6) is 0 Å². The van der Waals surface area contributed by atoms with Gasteiger partial charge in [0.1, 0.15) is 11.0 Å². The Morgan fingerprint density at radius 1 is 1.26 bits per heavy atom. The van der Waals surface area contributed by atoms with Gasteiger partial charge in [-0.25, -0.2) is 4.21 Å². The summed E-state index contributed by atoms with van der Waals surface area (Å²) in [6, 6.07) is 6.30. The molecular formula is C18H23N3OS. The van der Waals surface area contributed by atoms with Gasteiger partial charge in [-0.3, -0.25) is 4.68 Å². The first kappa shape index (κ1) is 16.1. The fourth-order valence-electron chi connectivity index (χ4n) is 2.80. The third-order valence-corrected chi connectivity index (χ3v) is 5.54. The summed E-state index contributed by atoms with van der Waals surface area (Å²) < 4.78 is 18.1. The second-order valence-corrected chi connectivity index (χ2v) is 8.72. The molecule has 1 aliphatic rings. The minimum absolute atomic E-state index is 0.322. The summed E-state index contributed by atoms with van der Waals surface area (Å²) in [4.78, 5) is 0. The fraction of sp³-hybridized carbons (Fsp3) is 0.444. The summed E-state index contributed by atoms with van der Waals surface area (Å²) in [5.74, 6) is 0. The highest BCUT2D eigenvalue weighted by Crippen LogP contribution is 2.35. The Balaban J connectivity index is 1.94. The predicted octanol–water partition coefficient (Wildman–Crippen LogP) is 3.55. The zero-order chi connectivity index (χ0) is 16.6. The van der Waals surface area contributed by atoms with Gasteiger partial charge in [0, 0.05) is 24.5 Å². The van der Waals surface area contributed by atoms with Crippen molar-refractivity contribution in [1.82, 2.24) is 9.78 Å². The van der Waals surface area contributed by atoms with Crippen molar-refractivity contribution in [3.63, 3.8) is 0 Å². The molecule has 1 aromatic carbocycles. The summed E-state index contributed by atoms with van der Waals surface area (Å²) >= 11 is 0. The predicted molar refractivity (Wildman–Crippen MR) is 96.2 cm³/mol. The lowest BCUT2D eigenvalue weighted by Crippen LogP contribution is -2.20. The maximum absolute atomic E-state index is 12.1. The Kier molecular flexibility index (Phi) is 4.23. The third kappa shape index (κ3) is 3.02. The molecule has 4 nitrogen and oxygen atoms in total. The first-order chi connectivity index (χ1) is 10.9. The van der Waals surface area contributed by atoms with E-state index in [4.69, 9.17) is 0 Å². The van der Waals surface area contributed by atoms with Gasteiger partial charge in [-0.2, -0.15) is 9.50 Å². The minimum atomic E-state index is -1.21. The Morgan fingerprint density at radius 3 is 2.61 bits per heavy atom. The number of hydrogen-bond acceptors (Lipinski definition) is 2. The molecule has 3 rings (SSSR count). The van der Waals surface area contributed by atoms with E-state index in [1.165, 1.54) is 22.4 Å². The van der Waals surface area contributed by atoms with Gasteiger partial charge in [-0.15, -0.1) is 0 Å². The van der Waals surface area contributed by atoms with Crippen molar-refractivity contribution in [3.05, 3.63) is 41.1 Å². The van der Waals surface area contributed by atoms with Crippen molar-refractivity contribution in [1.29, 1.82) is 0 Å². The number of aromatic nitrogens is 2. The van der Waals surface area contributed by atoms with E-state index < -0.39 is 11.0 Å². The molecule has 0 spiro atoms. The average molecular weight is 329 g/mol. The van der Waals surface area contributed by atoms with E-state index in [1.807, 2.05) is 31.6 Å². The van der Waals surface area contributed by atoms with Crippen LogP contribution in [0.4, 0.5) is 0 Å². The molecule has 1 heterocycles. The van der Waals surface area contributed by atoms with Gasteiger partial charge < -0.3 is 0 Å². The van der Waals surface area contributed by atoms with Crippen molar-refractivity contribution in [2.24, 2.45) is 4.40 Å². The van der Waals surface area contributed by atoms with Crippen molar-refractivity contribution in [2.75, 3.05) is 0 Å². The molecule has 1 aliphatic carbocycles. The highest BCUT2D eigenvalue weighted by Gasteiger charge is 2.23. The molecule has 0 aliphatic heterocycles. The highest BCUT2D eigenvalue weighted by atomic mass is 32.2. The van der Waals surface area contributed by atoms with E-state index >= 15 is 0 Å².